The summed E-state index contributed by atoms with van der Waals surface area (Å²) in [7, 11) is -19.9. The number of aromatic hydroxyl groups is 1. The molecule has 0 amide bonds. The van der Waals surface area contributed by atoms with E-state index in [2.05, 4.69) is 29.5 Å². The molecular weight excluding hydrogens is 787 g/mol. The third-order valence-electron chi connectivity index (χ3n) is 6.20. The van der Waals surface area contributed by atoms with Crippen LogP contribution < -0.4 is 5.73 Å². The number of nitrogens with zero attached hydrogens (tertiary/aromatic N) is 4. The molecule has 0 fully saturated rings. The van der Waals surface area contributed by atoms with Gasteiger partial charge in [0.1, 0.15) is 38.4 Å². The van der Waals surface area contributed by atoms with Crippen LogP contribution in [0.2, 0.25) is 0 Å². The van der Waals surface area contributed by atoms with E-state index in [-0.39, 0.29) is 12.3 Å². The first-order valence-corrected chi connectivity index (χ1v) is 19.7. The fourth-order valence-corrected chi connectivity index (χ4v) is 6.73. The van der Waals surface area contributed by atoms with Crippen molar-refractivity contribution < 1.29 is 70.4 Å². The van der Waals surface area contributed by atoms with E-state index in [0.717, 1.165) is 12.1 Å². The van der Waals surface area contributed by atoms with Crippen molar-refractivity contribution in [2.45, 2.75) is 26.5 Å². The Morgan fingerprint density at radius 1 is 0.706 bits per heavy atom. The Labute approximate surface area is 293 Å². The maximum absolute atomic E-state index is 12.3. The Morgan fingerprint density at radius 3 is 1.84 bits per heavy atom. The maximum Gasteiger partial charge on any atom is 0.397 e. The molecule has 0 saturated heterocycles. The molecule has 4 rings (SSSR count). The summed E-state index contributed by atoms with van der Waals surface area (Å²) >= 11 is 0.680. The van der Waals surface area contributed by atoms with Crippen molar-refractivity contribution in [1.82, 2.24) is 0 Å². The lowest BCUT2D eigenvalue weighted by atomic mass is 10.1. The molecule has 0 aliphatic rings. The number of anilines is 1. The van der Waals surface area contributed by atoms with Crippen LogP contribution in [0.3, 0.4) is 0 Å². The van der Waals surface area contributed by atoms with E-state index in [0.29, 0.717) is 34.6 Å². The van der Waals surface area contributed by atoms with Gasteiger partial charge >= 0.3 is 10.4 Å². The smallest absolute Gasteiger partial charge is 0.397 e. The highest BCUT2D eigenvalue weighted by molar-refractivity contribution is 7.94. The monoisotopic (exact) mass is 809 g/mol. The summed E-state index contributed by atoms with van der Waals surface area (Å²) < 4.78 is 141. The van der Waals surface area contributed by atoms with Gasteiger partial charge in [-0.3, -0.25) is 18.2 Å². The molecule has 0 aromatic heterocycles. The molecule has 0 radical (unpaired) electrons. The Morgan fingerprint density at radius 2 is 1.27 bits per heavy atom. The van der Waals surface area contributed by atoms with Crippen molar-refractivity contribution in [3.63, 3.8) is 0 Å². The van der Waals surface area contributed by atoms with Crippen molar-refractivity contribution in [3.8, 4) is 5.75 Å². The maximum atomic E-state index is 12.3. The minimum Gasteiger partial charge on any atom is -0.505 e. The quantitative estimate of drug-likeness (QED) is 0.0190. The molecule has 51 heavy (non-hydrogen) atoms. The summed E-state index contributed by atoms with van der Waals surface area (Å²) in [6, 6.07) is 10.4. The van der Waals surface area contributed by atoms with Crippen molar-refractivity contribution in [1.29, 1.82) is 0 Å². The third kappa shape index (κ3) is 10.2. The van der Waals surface area contributed by atoms with E-state index in [1.807, 2.05) is 0 Å². The number of aryl methyl sites for hydroxylation is 1. The molecule has 0 aliphatic heterocycles. The molecule has 7 N–H and O–H groups in total. The van der Waals surface area contributed by atoms with E-state index >= 15 is 0 Å². The summed E-state index contributed by atoms with van der Waals surface area (Å²) in [6.07, 6.45) is 0. The highest BCUT2D eigenvalue weighted by atomic mass is 32.3. The molecule has 0 unspecified atom stereocenters. The van der Waals surface area contributed by atoms with Gasteiger partial charge in [-0.2, -0.15) is 43.1 Å². The molecule has 4 aromatic carbocycles. The topological polar surface area (TPSA) is 341 Å². The lowest BCUT2D eigenvalue weighted by Gasteiger charge is -2.14. The van der Waals surface area contributed by atoms with Gasteiger partial charge in [-0.1, -0.05) is 6.07 Å². The van der Waals surface area contributed by atoms with Gasteiger partial charge in [0.2, 0.25) is 0 Å². The molecule has 0 spiro atoms. The predicted molar refractivity (Wildman–Crippen MR) is 176 cm³/mol. The van der Waals surface area contributed by atoms with Gasteiger partial charge in [-0.15, -0.1) is 15.3 Å². The fraction of sp³-hybridized carbons (Fsp3) is 0.120. The zero-order chi connectivity index (χ0) is 37.9. The van der Waals surface area contributed by atoms with Gasteiger partial charge < -0.3 is 10.8 Å². The van der Waals surface area contributed by atoms with Gasteiger partial charge in [0.15, 0.2) is 5.75 Å². The third-order valence-corrected chi connectivity index (χ3v) is 9.93. The predicted octanol–water partition coefficient (Wildman–Crippen LogP) is 4.78. The Balaban J connectivity index is 1.76. The Hall–Kier alpha value is -4.19. The van der Waals surface area contributed by atoms with Gasteiger partial charge in [0.05, 0.1) is 35.4 Å². The number of azo groups is 2. The molecule has 0 saturated carbocycles. The average molecular weight is 810 g/mol. The molecule has 21 nitrogen and oxygen atoms in total. The van der Waals surface area contributed by atoms with E-state index in [1.165, 1.54) is 37.3 Å². The highest BCUT2D eigenvalue weighted by Gasteiger charge is 2.28. The van der Waals surface area contributed by atoms with Crippen molar-refractivity contribution in [2.24, 2.45) is 20.5 Å². The summed E-state index contributed by atoms with van der Waals surface area (Å²) in [5.74, 6) is -1.10. The largest absolute Gasteiger partial charge is 0.505 e. The number of phenolic OH excluding ortho intramolecular Hbond substituents is 1. The molecule has 26 heteroatoms. The second-order valence-corrected chi connectivity index (χ2v) is 15.9. The highest BCUT2D eigenvalue weighted by Crippen LogP contribution is 2.48. The van der Waals surface area contributed by atoms with Gasteiger partial charge in [-0.25, -0.2) is 9.07 Å². The lowest BCUT2D eigenvalue weighted by Crippen LogP contribution is -2.09. The summed E-state index contributed by atoms with van der Waals surface area (Å²) in [6.45, 7) is 0.642. The summed E-state index contributed by atoms with van der Waals surface area (Å²) in [5, 5.41) is 25.2. The minimum atomic E-state index is -5.27. The number of fused-ring (bicyclic) bond motifs is 1. The molecule has 0 bridgehead atoms. The van der Waals surface area contributed by atoms with E-state index in [9.17, 15) is 52.4 Å². The Kier molecular flexibility index (Phi) is 11.8. The second-order valence-electron chi connectivity index (χ2n) is 9.82. The molecule has 0 heterocycles. The van der Waals surface area contributed by atoms with Crippen LogP contribution in [-0.4, -0.2) is 70.2 Å². The van der Waals surface area contributed by atoms with Crippen LogP contribution in [0.5, 0.6) is 5.75 Å². The van der Waals surface area contributed by atoms with Crippen molar-refractivity contribution >= 4 is 92.0 Å². The van der Waals surface area contributed by atoms with Crippen LogP contribution in [-0.2, 0) is 54.2 Å². The molecule has 274 valence electrons. The summed E-state index contributed by atoms with van der Waals surface area (Å²) in [5.41, 5.74) is 3.82. The normalized spacial score (nSPS) is 13.1. The van der Waals surface area contributed by atoms with Gasteiger partial charge in [0.25, 0.3) is 30.4 Å². The SMILES string of the molecule is Cc1ccc(S(=O)(=O)O)c(N=Nc2c(S(=O)(=O)O)cc3cc(S(=O)(=O)O)c(N=Nc4ccc(SOOCCOS(=O)(=O)O)cc4)c(N)c3c2O)c1. The lowest BCUT2D eigenvalue weighted by molar-refractivity contribution is -0.195. The number of rotatable bonds is 14. The average Bonchev–Trinajstić information content (AvgIpc) is 3.00. The van der Waals surface area contributed by atoms with E-state index < -0.39 is 101 Å². The van der Waals surface area contributed by atoms with Crippen molar-refractivity contribution in [2.75, 3.05) is 18.9 Å². The first kappa shape index (κ1) is 39.6. The first-order valence-electron chi connectivity index (χ1n) is 13.2. The number of hydrogen-bond acceptors (Lipinski definition) is 18. The van der Waals surface area contributed by atoms with Crippen LogP contribution in [0.15, 0.2) is 94.6 Å². The first-order chi connectivity index (χ1) is 23.6. The molecular formula is C25H23N5O16S5. The van der Waals surface area contributed by atoms with Gasteiger partial charge in [-0.05, 0) is 66.4 Å². The van der Waals surface area contributed by atoms with Crippen LogP contribution >= 0.6 is 12.0 Å². The second kappa shape index (κ2) is 15.2. The van der Waals surface area contributed by atoms with Crippen LogP contribution in [0.1, 0.15) is 5.56 Å². The molecule has 0 aliphatic carbocycles. The fourth-order valence-electron chi connectivity index (χ4n) is 4.08. The number of benzene rings is 4. The van der Waals surface area contributed by atoms with Crippen LogP contribution in [0.4, 0.5) is 28.4 Å². The number of nitrogen functional groups attached to an aromatic ring is 1. The standard InChI is InChI=1S/C25H23N5O16S5/c1-13-2-7-18(48(32,33)34)17(10-13)28-30-24-20(50(38,39)40)12-14-11-19(49(35,36)37)23(22(26)21(14)25(24)31)29-27-15-3-5-16(6-4-15)47-46-44-8-9-45-51(41,42)43/h2-7,10-12,31H,8-9,26H2,1H3,(H,32,33,34)(H,35,36,37)(H,38,39,40)(H,41,42,43). The van der Waals surface area contributed by atoms with E-state index in [4.69, 9.17) is 14.6 Å². The number of phenols is 1. The summed E-state index contributed by atoms with van der Waals surface area (Å²) in [4.78, 5) is 2.24. The zero-order valence-corrected chi connectivity index (χ0v) is 29.3. The van der Waals surface area contributed by atoms with Crippen LogP contribution in [0.25, 0.3) is 10.8 Å². The molecule has 0 atom stereocenters. The molecule has 4 aromatic rings. The van der Waals surface area contributed by atoms with E-state index in [1.54, 1.807) is 0 Å². The zero-order valence-electron chi connectivity index (χ0n) is 25.2. The van der Waals surface area contributed by atoms with Gasteiger partial charge in [0, 0.05) is 4.90 Å². The number of nitrogens with two attached hydrogens (primary N) is 1. The minimum absolute atomic E-state index is 0.0795. The Bertz CT molecular complexity index is 2510. The van der Waals surface area contributed by atoms with Crippen LogP contribution in [0, 0.1) is 6.92 Å². The van der Waals surface area contributed by atoms with Crippen molar-refractivity contribution in [3.05, 3.63) is 60.2 Å². The number of hydrogen-bond donors (Lipinski definition) is 6.